The Labute approximate surface area is 98.4 Å². The maximum atomic E-state index is 11.6. The Morgan fingerprint density at radius 3 is 2.93 bits per heavy atom. The molecule has 1 heterocycles. The monoisotopic (exact) mass is 273 g/mol. The number of nitrogens with one attached hydrogen (secondary N) is 1. The number of rotatable bonds is 5. The summed E-state index contributed by atoms with van der Waals surface area (Å²) in [5.74, 6) is 0.607. The topological polar surface area (TPSA) is 42.2 Å². The second kappa shape index (κ2) is 5.95. The van der Waals surface area contributed by atoms with Crippen LogP contribution >= 0.6 is 15.9 Å². The highest BCUT2D eigenvalue weighted by Crippen LogP contribution is 2.10. The van der Waals surface area contributed by atoms with Crippen molar-refractivity contribution in [1.82, 2.24) is 5.32 Å². The summed E-state index contributed by atoms with van der Waals surface area (Å²) < 4.78 is 5.06. The summed E-state index contributed by atoms with van der Waals surface area (Å²) in [5.41, 5.74) is 0.623. The summed E-state index contributed by atoms with van der Waals surface area (Å²) in [4.78, 5) is 12.1. The van der Waals surface area contributed by atoms with E-state index in [1.165, 1.54) is 6.26 Å². The van der Waals surface area contributed by atoms with Gasteiger partial charge in [0, 0.05) is 11.4 Å². The van der Waals surface area contributed by atoms with E-state index in [4.69, 9.17) is 4.42 Å². The van der Waals surface area contributed by atoms with Crippen molar-refractivity contribution in [3.8, 4) is 0 Å². The van der Waals surface area contributed by atoms with Crippen molar-refractivity contribution in [2.45, 2.75) is 31.5 Å². The molecule has 0 aliphatic heterocycles. The first-order chi connectivity index (χ1) is 7.15. The Balaban J connectivity index is 2.34. The molecule has 0 aliphatic carbocycles. The Morgan fingerprint density at radius 1 is 1.67 bits per heavy atom. The fourth-order valence-corrected chi connectivity index (χ4v) is 1.49. The van der Waals surface area contributed by atoms with E-state index < -0.39 is 0 Å². The zero-order chi connectivity index (χ0) is 11.3. The fourth-order valence-electron chi connectivity index (χ4n) is 1.26. The summed E-state index contributed by atoms with van der Waals surface area (Å²) in [7, 11) is 0. The van der Waals surface area contributed by atoms with Gasteiger partial charge in [0.05, 0.1) is 11.8 Å². The van der Waals surface area contributed by atoms with E-state index in [1.807, 2.05) is 0 Å². The van der Waals surface area contributed by atoms with Crippen molar-refractivity contribution in [3.05, 3.63) is 23.7 Å². The molecule has 1 amide bonds. The molecule has 84 valence electrons. The fraction of sp³-hybridized carbons (Fsp3) is 0.545. The highest BCUT2D eigenvalue weighted by atomic mass is 79.9. The molecule has 1 N–H and O–H groups in total. The van der Waals surface area contributed by atoms with Crippen molar-refractivity contribution in [1.29, 1.82) is 0 Å². The third kappa shape index (κ3) is 3.70. The average molecular weight is 274 g/mol. The highest BCUT2D eigenvalue weighted by molar-refractivity contribution is 9.09. The van der Waals surface area contributed by atoms with Crippen LogP contribution in [0.1, 0.15) is 35.9 Å². The number of carbonyl (C=O) groups is 1. The van der Waals surface area contributed by atoms with Gasteiger partial charge < -0.3 is 9.73 Å². The molecule has 1 rings (SSSR count). The van der Waals surface area contributed by atoms with Gasteiger partial charge in [-0.15, -0.1) is 0 Å². The number of furan rings is 1. The van der Waals surface area contributed by atoms with Crippen LogP contribution in [-0.2, 0) is 0 Å². The first kappa shape index (κ1) is 12.3. The zero-order valence-corrected chi connectivity index (χ0v) is 10.6. The normalized spacial score (nSPS) is 12.5. The summed E-state index contributed by atoms with van der Waals surface area (Å²) >= 11 is 3.52. The van der Waals surface area contributed by atoms with Crippen molar-refractivity contribution in [3.63, 3.8) is 0 Å². The van der Waals surface area contributed by atoms with Crippen LogP contribution in [0, 0.1) is 6.92 Å². The maximum absolute atomic E-state index is 11.6. The number of alkyl halides is 1. The van der Waals surface area contributed by atoms with Crippen LogP contribution in [0.5, 0.6) is 0 Å². The molecule has 0 aliphatic rings. The van der Waals surface area contributed by atoms with Gasteiger partial charge in [-0.05, 0) is 25.8 Å². The predicted octanol–water partition coefficient (Wildman–Crippen LogP) is 2.88. The molecule has 4 heteroatoms. The molecule has 0 radical (unpaired) electrons. The molecule has 0 aromatic carbocycles. The molecule has 3 nitrogen and oxygen atoms in total. The minimum atomic E-state index is -0.0583. The van der Waals surface area contributed by atoms with Crippen LogP contribution in [0.3, 0.4) is 0 Å². The molecule has 1 atom stereocenters. The molecular formula is C11H16BrNO2. The molecule has 1 aromatic rings. The van der Waals surface area contributed by atoms with Gasteiger partial charge in [0.2, 0.25) is 0 Å². The number of aryl methyl sites for hydroxylation is 1. The maximum Gasteiger partial charge on any atom is 0.254 e. The van der Waals surface area contributed by atoms with Gasteiger partial charge >= 0.3 is 0 Å². The lowest BCUT2D eigenvalue weighted by Crippen LogP contribution is -2.26. The number of halogens is 1. The van der Waals surface area contributed by atoms with Crippen molar-refractivity contribution < 1.29 is 9.21 Å². The Kier molecular flexibility index (Phi) is 4.88. The molecular weight excluding hydrogens is 258 g/mol. The number of hydrogen-bond donors (Lipinski definition) is 1. The SMILES string of the molecule is CCC(Br)CCNC(=O)c1ccoc1C. The molecule has 0 fully saturated rings. The van der Waals surface area contributed by atoms with E-state index in [0.29, 0.717) is 22.7 Å². The standard InChI is InChI=1S/C11H16BrNO2/c1-3-9(12)4-6-13-11(14)10-5-7-15-8(10)2/h5,7,9H,3-4,6H2,1-2H3,(H,13,14). The minimum absolute atomic E-state index is 0.0583. The third-order valence-corrected chi connectivity index (χ3v) is 3.39. The molecule has 0 bridgehead atoms. The summed E-state index contributed by atoms with van der Waals surface area (Å²) in [6, 6.07) is 1.69. The van der Waals surface area contributed by atoms with E-state index in [0.717, 1.165) is 12.8 Å². The lowest BCUT2D eigenvalue weighted by atomic mass is 10.2. The summed E-state index contributed by atoms with van der Waals surface area (Å²) in [5, 5.41) is 2.86. The van der Waals surface area contributed by atoms with Gasteiger partial charge in [-0.25, -0.2) is 0 Å². The molecule has 0 saturated carbocycles. The lowest BCUT2D eigenvalue weighted by molar-refractivity contribution is 0.0951. The quantitative estimate of drug-likeness (QED) is 0.839. The third-order valence-electron chi connectivity index (χ3n) is 2.29. The molecule has 15 heavy (non-hydrogen) atoms. The molecule has 1 unspecified atom stereocenters. The Bertz CT molecular complexity index is 322. The molecule has 0 spiro atoms. The Hall–Kier alpha value is -0.770. The van der Waals surface area contributed by atoms with Crippen molar-refractivity contribution in [2.24, 2.45) is 0 Å². The smallest absolute Gasteiger partial charge is 0.254 e. The van der Waals surface area contributed by atoms with E-state index >= 15 is 0 Å². The lowest BCUT2D eigenvalue weighted by Gasteiger charge is -2.07. The van der Waals surface area contributed by atoms with Crippen LogP contribution in [0.15, 0.2) is 16.7 Å². The van der Waals surface area contributed by atoms with Crippen LogP contribution in [0.25, 0.3) is 0 Å². The van der Waals surface area contributed by atoms with Gasteiger partial charge in [0.1, 0.15) is 5.76 Å². The van der Waals surface area contributed by atoms with Crippen molar-refractivity contribution in [2.75, 3.05) is 6.54 Å². The molecule has 1 aromatic heterocycles. The van der Waals surface area contributed by atoms with Gasteiger partial charge in [0.25, 0.3) is 5.91 Å². The second-order valence-corrected chi connectivity index (χ2v) is 4.74. The summed E-state index contributed by atoms with van der Waals surface area (Å²) in [6.45, 7) is 4.59. The van der Waals surface area contributed by atoms with Crippen LogP contribution in [0.2, 0.25) is 0 Å². The van der Waals surface area contributed by atoms with E-state index in [-0.39, 0.29) is 5.91 Å². The molecule has 0 saturated heterocycles. The van der Waals surface area contributed by atoms with E-state index in [1.54, 1.807) is 13.0 Å². The van der Waals surface area contributed by atoms with Gasteiger partial charge in [-0.1, -0.05) is 22.9 Å². The van der Waals surface area contributed by atoms with Gasteiger partial charge in [0.15, 0.2) is 0 Å². The Morgan fingerprint density at radius 2 is 2.40 bits per heavy atom. The van der Waals surface area contributed by atoms with Crippen LogP contribution in [0.4, 0.5) is 0 Å². The summed E-state index contributed by atoms with van der Waals surface area (Å²) in [6.07, 6.45) is 3.54. The number of amides is 1. The minimum Gasteiger partial charge on any atom is -0.469 e. The van der Waals surface area contributed by atoms with Gasteiger partial charge in [-0.3, -0.25) is 4.79 Å². The van der Waals surface area contributed by atoms with E-state index in [2.05, 4.69) is 28.2 Å². The number of carbonyl (C=O) groups excluding carboxylic acids is 1. The van der Waals surface area contributed by atoms with E-state index in [9.17, 15) is 4.79 Å². The van der Waals surface area contributed by atoms with Crippen LogP contribution in [-0.4, -0.2) is 17.3 Å². The zero-order valence-electron chi connectivity index (χ0n) is 9.05. The number of hydrogen-bond acceptors (Lipinski definition) is 2. The average Bonchev–Trinajstić information content (AvgIpc) is 2.64. The van der Waals surface area contributed by atoms with Crippen molar-refractivity contribution >= 4 is 21.8 Å². The first-order valence-electron chi connectivity index (χ1n) is 5.11. The first-order valence-corrected chi connectivity index (χ1v) is 6.03. The largest absolute Gasteiger partial charge is 0.469 e. The van der Waals surface area contributed by atoms with Crippen LogP contribution < -0.4 is 5.32 Å². The predicted molar refractivity (Wildman–Crippen MR) is 63.4 cm³/mol. The van der Waals surface area contributed by atoms with Gasteiger partial charge in [-0.2, -0.15) is 0 Å². The highest BCUT2D eigenvalue weighted by Gasteiger charge is 2.10. The second-order valence-electron chi connectivity index (χ2n) is 3.44.